The maximum absolute atomic E-state index is 12.8. The van der Waals surface area contributed by atoms with Gasteiger partial charge < -0.3 is 5.32 Å². The van der Waals surface area contributed by atoms with E-state index in [-0.39, 0.29) is 5.91 Å². The summed E-state index contributed by atoms with van der Waals surface area (Å²) in [5.41, 5.74) is 3.75. The zero-order valence-corrected chi connectivity index (χ0v) is 16.2. The molecule has 0 spiro atoms. The average Bonchev–Trinajstić information content (AvgIpc) is 2.65. The molecule has 0 bridgehead atoms. The van der Waals surface area contributed by atoms with E-state index in [1.165, 1.54) is 11.8 Å². The fourth-order valence-corrected chi connectivity index (χ4v) is 2.95. The molecule has 1 N–H and O–H groups in total. The van der Waals surface area contributed by atoms with Crippen molar-refractivity contribution in [1.29, 1.82) is 0 Å². The van der Waals surface area contributed by atoms with Crippen LogP contribution in [0.3, 0.4) is 0 Å². The number of hydrogen-bond donors (Lipinski definition) is 1. The summed E-state index contributed by atoms with van der Waals surface area (Å²) in [5, 5.41) is 3.56. The van der Waals surface area contributed by atoms with Gasteiger partial charge in [-0.2, -0.15) is 0 Å². The van der Waals surface area contributed by atoms with Gasteiger partial charge in [0, 0.05) is 21.9 Å². The van der Waals surface area contributed by atoms with Crippen LogP contribution in [0.25, 0.3) is 11.3 Å². The van der Waals surface area contributed by atoms with Crippen molar-refractivity contribution in [3.63, 3.8) is 0 Å². The highest BCUT2D eigenvalue weighted by Crippen LogP contribution is 2.25. The van der Waals surface area contributed by atoms with Gasteiger partial charge in [-0.25, -0.2) is 9.97 Å². The van der Waals surface area contributed by atoms with E-state index < -0.39 is 0 Å². The Morgan fingerprint density at radius 3 is 2.60 bits per heavy atom. The van der Waals surface area contributed by atoms with Gasteiger partial charge in [0.2, 0.25) is 0 Å². The molecule has 3 rings (SSSR count). The minimum absolute atomic E-state index is 0.228. The third-order valence-electron chi connectivity index (χ3n) is 3.66. The fraction of sp³-hybridized carbons (Fsp3) is 0.105. The van der Waals surface area contributed by atoms with Crippen LogP contribution in [0, 0.1) is 6.92 Å². The van der Waals surface area contributed by atoms with E-state index >= 15 is 0 Å². The van der Waals surface area contributed by atoms with E-state index in [2.05, 4.69) is 31.2 Å². The molecule has 0 aliphatic heterocycles. The molecule has 1 aromatic heterocycles. The summed E-state index contributed by atoms with van der Waals surface area (Å²) in [6.07, 6.45) is 3.50. The van der Waals surface area contributed by atoms with Crippen LogP contribution in [-0.4, -0.2) is 22.1 Å². The molecule has 1 heterocycles. The Morgan fingerprint density at radius 1 is 1.16 bits per heavy atom. The predicted molar refractivity (Wildman–Crippen MR) is 106 cm³/mol. The van der Waals surface area contributed by atoms with Gasteiger partial charge >= 0.3 is 0 Å². The summed E-state index contributed by atoms with van der Waals surface area (Å²) in [6, 6.07) is 15.3. The number of aryl methyl sites for hydroxylation is 1. The smallest absolute Gasteiger partial charge is 0.259 e. The van der Waals surface area contributed by atoms with Crippen LogP contribution in [-0.2, 0) is 0 Å². The first-order valence-corrected chi connectivity index (χ1v) is 9.64. The van der Waals surface area contributed by atoms with Crippen LogP contribution in [0.5, 0.6) is 0 Å². The van der Waals surface area contributed by atoms with Crippen molar-refractivity contribution in [2.24, 2.45) is 0 Å². The molecule has 126 valence electrons. The first-order chi connectivity index (χ1) is 12.1. The van der Waals surface area contributed by atoms with Gasteiger partial charge in [0.15, 0.2) is 5.16 Å². The van der Waals surface area contributed by atoms with Gasteiger partial charge in [-0.05, 0) is 36.9 Å². The monoisotopic (exact) mass is 413 g/mol. The Labute approximate surface area is 159 Å². The van der Waals surface area contributed by atoms with Crippen LogP contribution < -0.4 is 5.32 Å². The number of hydrogen-bond acceptors (Lipinski definition) is 4. The van der Waals surface area contributed by atoms with Crippen molar-refractivity contribution in [3.8, 4) is 11.3 Å². The largest absolute Gasteiger partial charge is 0.322 e. The molecular weight excluding hydrogens is 398 g/mol. The quantitative estimate of drug-likeness (QED) is 0.472. The Hall–Kier alpha value is -2.18. The second kappa shape index (κ2) is 7.80. The number of anilines is 1. The normalized spacial score (nSPS) is 10.5. The summed E-state index contributed by atoms with van der Waals surface area (Å²) in [6.45, 7) is 1.98. The Bertz CT molecular complexity index is 916. The molecule has 4 nitrogen and oxygen atoms in total. The summed E-state index contributed by atoms with van der Waals surface area (Å²) in [4.78, 5) is 21.6. The van der Waals surface area contributed by atoms with Gasteiger partial charge in [0.1, 0.15) is 0 Å². The summed E-state index contributed by atoms with van der Waals surface area (Å²) < 4.78 is 1.00. The van der Waals surface area contributed by atoms with Gasteiger partial charge in [-0.3, -0.25) is 4.79 Å². The average molecular weight is 414 g/mol. The molecule has 0 unspecified atom stereocenters. The molecule has 0 saturated heterocycles. The number of amides is 1. The summed E-state index contributed by atoms with van der Waals surface area (Å²) in [7, 11) is 0. The molecule has 3 aromatic rings. The lowest BCUT2D eigenvalue weighted by Crippen LogP contribution is -2.15. The zero-order chi connectivity index (χ0) is 17.8. The van der Waals surface area contributed by atoms with Gasteiger partial charge in [-0.15, -0.1) is 0 Å². The van der Waals surface area contributed by atoms with E-state index in [1.807, 2.05) is 61.7 Å². The minimum atomic E-state index is -0.228. The summed E-state index contributed by atoms with van der Waals surface area (Å²) in [5.74, 6) is -0.228. The number of thioether (sulfide) groups is 1. The van der Waals surface area contributed by atoms with Crippen molar-refractivity contribution >= 4 is 39.3 Å². The Kier molecular flexibility index (Phi) is 5.50. The Morgan fingerprint density at radius 2 is 1.92 bits per heavy atom. The molecule has 0 fully saturated rings. The highest BCUT2D eigenvalue weighted by atomic mass is 79.9. The van der Waals surface area contributed by atoms with Gasteiger partial charge in [0.05, 0.1) is 11.3 Å². The zero-order valence-electron chi connectivity index (χ0n) is 13.8. The highest BCUT2D eigenvalue weighted by molar-refractivity contribution is 9.10. The van der Waals surface area contributed by atoms with Crippen LogP contribution in [0.1, 0.15) is 15.9 Å². The summed E-state index contributed by atoms with van der Waals surface area (Å²) >= 11 is 4.91. The predicted octanol–water partition coefficient (Wildman–Crippen LogP) is 5.19. The second-order valence-electron chi connectivity index (χ2n) is 5.40. The maximum Gasteiger partial charge on any atom is 0.259 e. The van der Waals surface area contributed by atoms with Crippen LogP contribution in [0.15, 0.2) is 64.4 Å². The number of carbonyl (C=O) groups excluding carboxylic acids is 1. The molecule has 0 radical (unpaired) electrons. The lowest BCUT2D eigenvalue weighted by molar-refractivity contribution is 0.102. The molecule has 0 aliphatic rings. The number of nitrogens with one attached hydrogen (secondary N) is 1. The number of aromatic nitrogens is 2. The number of nitrogens with zero attached hydrogens (tertiary/aromatic N) is 2. The van der Waals surface area contributed by atoms with E-state index in [0.717, 1.165) is 21.3 Å². The molecule has 6 heteroatoms. The van der Waals surface area contributed by atoms with Crippen LogP contribution >= 0.6 is 27.7 Å². The minimum Gasteiger partial charge on any atom is -0.322 e. The van der Waals surface area contributed by atoms with E-state index in [0.29, 0.717) is 16.4 Å². The van der Waals surface area contributed by atoms with Gasteiger partial charge in [-0.1, -0.05) is 58.0 Å². The molecule has 0 atom stereocenters. The number of halogens is 1. The third kappa shape index (κ3) is 4.08. The number of benzene rings is 2. The second-order valence-corrected chi connectivity index (χ2v) is 7.03. The van der Waals surface area contributed by atoms with Crippen molar-refractivity contribution < 1.29 is 4.79 Å². The molecule has 25 heavy (non-hydrogen) atoms. The first-order valence-electron chi connectivity index (χ1n) is 7.62. The first kappa shape index (κ1) is 17.6. The molecule has 1 amide bonds. The fourth-order valence-electron chi connectivity index (χ4n) is 2.37. The number of carbonyl (C=O) groups is 1. The Balaban J connectivity index is 1.98. The lowest BCUT2D eigenvalue weighted by atomic mass is 10.1. The molecule has 0 aliphatic carbocycles. The van der Waals surface area contributed by atoms with Crippen molar-refractivity contribution in [2.75, 3.05) is 11.6 Å². The topological polar surface area (TPSA) is 54.9 Å². The maximum atomic E-state index is 12.8. The van der Waals surface area contributed by atoms with Crippen LogP contribution in [0.4, 0.5) is 5.69 Å². The lowest BCUT2D eigenvalue weighted by Gasteiger charge is -2.11. The third-order valence-corrected chi connectivity index (χ3v) is 5.11. The van der Waals surface area contributed by atoms with Crippen molar-refractivity contribution in [1.82, 2.24) is 9.97 Å². The molecule has 2 aromatic carbocycles. The number of rotatable bonds is 4. The van der Waals surface area contributed by atoms with Gasteiger partial charge in [0.25, 0.3) is 5.91 Å². The van der Waals surface area contributed by atoms with Crippen molar-refractivity contribution in [2.45, 2.75) is 12.1 Å². The SMILES string of the molecule is CSc1ncc(C(=O)Nc2ccc(Br)c(C)c2)c(-c2ccccc2)n1. The van der Waals surface area contributed by atoms with E-state index in [1.54, 1.807) is 6.20 Å². The highest BCUT2D eigenvalue weighted by Gasteiger charge is 2.16. The van der Waals surface area contributed by atoms with E-state index in [4.69, 9.17) is 0 Å². The van der Waals surface area contributed by atoms with Crippen LogP contribution in [0.2, 0.25) is 0 Å². The molecule has 0 saturated carbocycles. The van der Waals surface area contributed by atoms with E-state index in [9.17, 15) is 4.79 Å². The standard InChI is InChI=1S/C19H16BrN3OS/c1-12-10-14(8-9-16(12)20)22-18(24)15-11-21-19(25-2)23-17(15)13-6-4-3-5-7-13/h3-11H,1-2H3,(H,22,24). The molecular formula is C19H16BrN3OS. The van der Waals surface area contributed by atoms with Crippen molar-refractivity contribution in [3.05, 3.63) is 70.3 Å².